The van der Waals surface area contributed by atoms with Gasteiger partial charge in [0.2, 0.25) is 0 Å². The molecule has 2 aliphatic rings. The highest BCUT2D eigenvalue weighted by Gasteiger charge is 2.21. The van der Waals surface area contributed by atoms with Crippen LogP contribution in [-0.2, 0) is 0 Å². The first-order valence-electron chi connectivity index (χ1n) is 8.08. The van der Waals surface area contributed by atoms with Gasteiger partial charge in [-0.25, -0.2) is 0 Å². The fourth-order valence-corrected chi connectivity index (χ4v) is 3.76. The molecule has 2 nitrogen and oxygen atoms in total. The van der Waals surface area contributed by atoms with Crippen LogP contribution in [0.25, 0.3) is 5.53 Å². The molecule has 0 saturated heterocycles. The van der Waals surface area contributed by atoms with Gasteiger partial charge in [0.15, 0.2) is 0 Å². The van der Waals surface area contributed by atoms with Gasteiger partial charge in [-0.05, 0) is 31.1 Å². The molecule has 2 saturated carbocycles. The van der Waals surface area contributed by atoms with Crippen LogP contribution in [0.3, 0.4) is 0 Å². The molecule has 102 valence electrons. The highest BCUT2D eigenvalue weighted by atomic mass is 14.9. The van der Waals surface area contributed by atoms with E-state index in [0.29, 0.717) is 0 Å². The van der Waals surface area contributed by atoms with Crippen LogP contribution in [0.4, 0.5) is 0 Å². The van der Waals surface area contributed by atoms with E-state index in [1.807, 2.05) is 0 Å². The molecule has 2 fully saturated rings. The van der Waals surface area contributed by atoms with Gasteiger partial charge in [0.05, 0.1) is 0 Å². The van der Waals surface area contributed by atoms with Gasteiger partial charge in [0, 0.05) is 12.8 Å². The Balaban J connectivity index is 1.69. The lowest BCUT2D eigenvalue weighted by Crippen LogP contribution is -2.15. The quantitative estimate of drug-likeness (QED) is 0.373. The molecule has 0 aromatic heterocycles. The van der Waals surface area contributed by atoms with Crippen LogP contribution in [0, 0.1) is 11.8 Å². The highest BCUT2D eigenvalue weighted by molar-refractivity contribution is 5.79. The maximum absolute atomic E-state index is 9.17. The molecule has 2 rings (SSSR count). The van der Waals surface area contributed by atoms with Crippen molar-refractivity contribution in [2.24, 2.45) is 11.8 Å². The normalized spacial score (nSPS) is 22.7. The van der Waals surface area contributed by atoms with Crippen molar-refractivity contribution in [2.75, 3.05) is 0 Å². The summed E-state index contributed by atoms with van der Waals surface area (Å²) < 4.78 is 0. The number of hydrogen-bond acceptors (Lipinski definition) is 0. The van der Waals surface area contributed by atoms with Crippen LogP contribution in [0.5, 0.6) is 0 Å². The minimum Gasteiger partial charge on any atom is -0.362 e. The number of rotatable bonds is 5. The van der Waals surface area contributed by atoms with Gasteiger partial charge in [-0.15, -0.1) is 0 Å². The van der Waals surface area contributed by atoms with Crippen molar-refractivity contribution < 1.29 is 4.79 Å². The number of nitrogens with zero attached hydrogens (tertiary/aromatic N) is 2. The third-order valence-electron chi connectivity index (χ3n) is 4.96. The van der Waals surface area contributed by atoms with Gasteiger partial charge >= 0.3 is 0 Å². The van der Waals surface area contributed by atoms with Crippen LogP contribution >= 0.6 is 0 Å². The average Bonchev–Trinajstić information content (AvgIpc) is 2.45. The average molecular weight is 248 g/mol. The molecule has 0 heterocycles. The van der Waals surface area contributed by atoms with E-state index in [9.17, 15) is 5.53 Å². The van der Waals surface area contributed by atoms with Crippen molar-refractivity contribution in [1.82, 2.24) is 0 Å². The molecule has 2 aliphatic carbocycles. The van der Waals surface area contributed by atoms with E-state index in [1.54, 1.807) is 0 Å². The summed E-state index contributed by atoms with van der Waals surface area (Å²) in [7, 11) is 0. The fourth-order valence-electron chi connectivity index (χ4n) is 3.76. The van der Waals surface area contributed by atoms with E-state index in [4.69, 9.17) is 0 Å². The summed E-state index contributed by atoms with van der Waals surface area (Å²) in [5.74, 6) is 1.71. The van der Waals surface area contributed by atoms with Crippen molar-refractivity contribution in [3.8, 4) is 0 Å². The third kappa shape index (κ3) is 4.57. The van der Waals surface area contributed by atoms with Crippen molar-refractivity contribution in [2.45, 2.75) is 83.5 Å². The molecular weight excluding hydrogens is 220 g/mol. The Hall–Kier alpha value is -0.620. The second-order valence-electron chi connectivity index (χ2n) is 6.42. The Bertz CT molecular complexity index is 279. The molecule has 2 heteroatoms. The van der Waals surface area contributed by atoms with Crippen LogP contribution < -0.4 is 0 Å². The molecule has 0 amide bonds. The summed E-state index contributed by atoms with van der Waals surface area (Å²) in [5, 5.41) is 0. The monoisotopic (exact) mass is 248 g/mol. The lowest BCUT2D eigenvalue weighted by molar-refractivity contribution is -0.0138. The van der Waals surface area contributed by atoms with Crippen molar-refractivity contribution in [3.63, 3.8) is 0 Å². The molecule has 0 N–H and O–H groups in total. The Morgan fingerprint density at radius 3 is 1.94 bits per heavy atom. The first kappa shape index (κ1) is 13.8. The molecule has 0 unspecified atom stereocenters. The Morgan fingerprint density at radius 1 is 0.833 bits per heavy atom. The van der Waals surface area contributed by atoms with E-state index in [2.05, 4.69) is 4.79 Å². The second kappa shape index (κ2) is 7.74. The molecule has 0 bridgehead atoms. The van der Waals surface area contributed by atoms with E-state index in [-0.39, 0.29) is 0 Å². The molecular formula is C16H28N2. The van der Waals surface area contributed by atoms with Crippen LogP contribution in [0.1, 0.15) is 83.5 Å². The van der Waals surface area contributed by atoms with Crippen LogP contribution in [0.2, 0.25) is 0 Å². The van der Waals surface area contributed by atoms with Gasteiger partial charge in [0.1, 0.15) is 0 Å². The molecule has 18 heavy (non-hydrogen) atoms. The Labute approximate surface area is 112 Å². The summed E-state index contributed by atoms with van der Waals surface area (Å²) in [6.45, 7) is 0. The van der Waals surface area contributed by atoms with Gasteiger partial charge in [-0.1, -0.05) is 51.4 Å². The SMILES string of the molecule is [N-]=[N+]=C(CCC1CCCCC1)CC1CCCCC1. The second-order valence-corrected chi connectivity index (χ2v) is 6.42. The van der Waals surface area contributed by atoms with Gasteiger partial charge in [-0.2, -0.15) is 4.79 Å². The van der Waals surface area contributed by atoms with Crippen molar-refractivity contribution in [3.05, 3.63) is 5.53 Å². The van der Waals surface area contributed by atoms with Gasteiger partial charge < -0.3 is 5.53 Å². The van der Waals surface area contributed by atoms with Crippen LogP contribution in [-0.4, -0.2) is 10.5 Å². The summed E-state index contributed by atoms with van der Waals surface area (Å²) in [4.78, 5) is 3.58. The smallest absolute Gasteiger partial charge is 0.269 e. The summed E-state index contributed by atoms with van der Waals surface area (Å²) in [6, 6.07) is 0. The summed E-state index contributed by atoms with van der Waals surface area (Å²) >= 11 is 0. The standard InChI is InChI=1S/C16H28N2/c17-18-16(13-15-9-5-2-6-10-15)12-11-14-7-3-1-4-8-14/h14-15H,1-13H2. The zero-order valence-electron chi connectivity index (χ0n) is 11.7. The van der Waals surface area contributed by atoms with Crippen LogP contribution in [0.15, 0.2) is 0 Å². The molecule has 0 radical (unpaired) electrons. The first-order chi connectivity index (χ1) is 8.88. The molecule has 0 atom stereocenters. The predicted octanol–water partition coefficient (Wildman–Crippen LogP) is 4.99. The maximum Gasteiger partial charge on any atom is 0.269 e. The molecule has 0 aliphatic heterocycles. The lowest BCUT2D eigenvalue weighted by Gasteiger charge is -2.22. The van der Waals surface area contributed by atoms with E-state index in [0.717, 1.165) is 30.4 Å². The third-order valence-corrected chi connectivity index (χ3v) is 4.96. The Morgan fingerprint density at radius 2 is 1.39 bits per heavy atom. The largest absolute Gasteiger partial charge is 0.362 e. The predicted molar refractivity (Wildman–Crippen MR) is 75.6 cm³/mol. The minimum atomic E-state index is 0.802. The van der Waals surface area contributed by atoms with E-state index in [1.165, 1.54) is 70.6 Å². The highest BCUT2D eigenvalue weighted by Crippen LogP contribution is 2.30. The lowest BCUT2D eigenvalue weighted by atomic mass is 9.82. The van der Waals surface area contributed by atoms with Gasteiger partial charge in [-0.3, -0.25) is 0 Å². The van der Waals surface area contributed by atoms with Crippen molar-refractivity contribution >= 4 is 5.71 Å². The zero-order chi connectivity index (χ0) is 12.6. The van der Waals surface area contributed by atoms with E-state index < -0.39 is 0 Å². The fraction of sp³-hybridized carbons (Fsp3) is 0.938. The maximum atomic E-state index is 9.17. The minimum absolute atomic E-state index is 0.802. The van der Waals surface area contributed by atoms with Gasteiger partial charge in [0.25, 0.3) is 5.71 Å². The summed E-state index contributed by atoms with van der Waals surface area (Å²) in [6.07, 6.45) is 17.3. The molecule has 0 aromatic carbocycles. The van der Waals surface area contributed by atoms with Crippen molar-refractivity contribution in [1.29, 1.82) is 0 Å². The first-order valence-corrected chi connectivity index (χ1v) is 8.08. The Kier molecular flexibility index (Phi) is 5.93. The topological polar surface area (TPSA) is 36.4 Å². The number of hydrogen-bond donors (Lipinski definition) is 0. The zero-order valence-corrected chi connectivity index (χ0v) is 11.7. The molecule has 0 aromatic rings. The molecule has 0 spiro atoms. The van der Waals surface area contributed by atoms with E-state index >= 15 is 0 Å². The summed E-state index contributed by atoms with van der Waals surface area (Å²) in [5.41, 5.74) is 10.3.